The van der Waals surface area contributed by atoms with Crippen LogP contribution in [-0.4, -0.2) is 30.5 Å². The second kappa shape index (κ2) is 7.56. The number of rotatable bonds is 5. The van der Waals surface area contributed by atoms with Crippen molar-refractivity contribution < 1.29 is 4.79 Å². The number of imidazole rings is 1. The molecule has 0 atom stereocenters. The zero-order valence-electron chi connectivity index (χ0n) is 15.8. The van der Waals surface area contributed by atoms with E-state index < -0.39 is 0 Å². The van der Waals surface area contributed by atoms with E-state index >= 15 is 0 Å². The molecular formula is C21H20N6O. The van der Waals surface area contributed by atoms with Gasteiger partial charge in [-0.1, -0.05) is 26.0 Å². The minimum absolute atomic E-state index is 0.191. The van der Waals surface area contributed by atoms with Crippen LogP contribution in [0.5, 0.6) is 0 Å². The lowest BCUT2D eigenvalue weighted by molar-refractivity contribution is 0.102. The van der Waals surface area contributed by atoms with Crippen LogP contribution in [0, 0.1) is 0 Å². The highest BCUT2D eigenvalue weighted by molar-refractivity contribution is 6.04. The molecule has 0 aliphatic heterocycles. The Bertz CT molecular complexity index is 1120. The number of carbonyl (C=O) groups excluding carboxylic acids is 1. The summed E-state index contributed by atoms with van der Waals surface area (Å²) in [6.45, 7) is 4.18. The SMILES string of the molecule is CCc1nnc2nc(-c3ccc(NC(=O)c4cccnc4)cc3)cn2c1CC. The third-order valence-electron chi connectivity index (χ3n) is 4.60. The van der Waals surface area contributed by atoms with E-state index in [1.165, 1.54) is 6.20 Å². The number of aryl methyl sites for hydroxylation is 2. The summed E-state index contributed by atoms with van der Waals surface area (Å²) in [6.07, 6.45) is 6.87. The standard InChI is InChI=1S/C21H20N6O/c1-3-17-19(4-2)27-13-18(24-21(27)26-25-17)14-7-9-16(10-8-14)23-20(28)15-6-5-11-22-12-15/h5-13H,3-4H2,1-2H3,(H,23,28). The fourth-order valence-corrected chi connectivity index (χ4v) is 3.15. The summed E-state index contributed by atoms with van der Waals surface area (Å²) in [5.74, 6) is 0.404. The molecule has 7 heteroatoms. The summed E-state index contributed by atoms with van der Waals surface area (Å²) in [5.41, 5.74) is 5.12. The Morgan fingerprint density at radius 2 is 1.89 bits per heavy atom. The molecule has 7 nitrogen and oxygen atoms in total. The number of fused-ring (bicyclic) bond motifs is 1. The largest absolute Gasteiger partial charge is 0.322 e. The molecule has 0 bridgehead atoms. The van der Waals surface area contributed by atoms with Crippen molar-refractivity contribution in [1.82, 2.24) is 24.6 Å². The number of aromatic nitrogens is 5. The number of amides is 1. The quantitative estimate of drug-likeness (QED) is 0.579. The summed E-state index contributed by atoms with van der Waals surface area (Å²) >= 11 is 0. The maximum absolute atomic E-state index is 12.2. The van der Waals surface area contributed by atoms with Crippen molar-refractivity contribution in [1.29, 1.82) is 0 Å². The highest BCUT2D eigenvalue weighted by Crippen LogP contribution is 2.22. The lowest BCUT2D eigenvalue weighted by Crippen LogP contribution is -2.11. The summed E-state index contributed by atoms with van der Waals surface area (Å²) in [4.78, 5) is 20.8. The van der Waals surface area contributed by atoms with E-state index in [2.05, 4.69) is 39.3 Å². The van der Waals surface area contributed by atoms with Crippen LogP contribution >= 0.6 is 0 Å². The van der Waals surface area contributed by atoms with Crippen LogP contribution in [-0.2, 0) is 12.8 Å². The lowest BCUT2D eigenvalue weighted by atomic mass is 10.1. The van der Waals surface area contributed by atoms with Crippen LogP contribution in [0.1, 0.15) is 35.6 Å². The van der Waals surface area contributed by atoms with Crippen molar-refractivity contribution >= 4 is 17.4 Å². The molecule has 0 saturated heterocycles. The van der Waals surface area contributed by atoms with E-state index in [9.17, 15) is 4.79 Å². The van der Waals surface area contributed by atoms with Gasteiger partial charge in [-0.15, -0.1) is 5.10 Å². The monoisotopic (exact) mass is 372 g/mol. The molecule has 0 fully saturated rings. The molecule has 4 aromatic rings. The third kappa shape index (κ3) is 3.34. The Morgan fingerprint density at radius 3 is 2.57 bits per heavy atom. The summed E-state index contributed by atoms with van der Waals surface area (Å²) in [6, 6.07) is 11.0. The van der Waals surface area contributed by atoms with Gasteiger partial charge >= 0.3 is 0 Å². The Morgan fingerprint density at radius 1 is 1.07 bits per heavy atom. The molecule has 3 aromatic heterocycles. The van der Waals surface area contributed by atoms with E-state index in [-0.39, 0.29) is 5.91 Å². The van der Waals surface area contributed by atoms with Gasteiger partial charge in [0.2, 0.25) is 0 Å². The maximum atomic E-state index is 12.2. The predicted molar refractivity (Wildman–Crippen MR) is 107 cm³/mol. The molecule has 4 rings (SSSR count). The van der Waals surface area contributed by atoms with Gasteiger partial charge in [0.1, 0.15) is 0 Å². The molecule has 1 amide bonds. The van der Waals surface area contributed by atoms with Crippen LogP contribution in [0.2, 0.25) is 0 Å². The molecule has 0 aliphatic rings. The summed E-state index contributed by atoms with van der Waals surface area (Å²) < 4.78 is 2.01. The second-order valence-electron chi connectivity index (χ2n) is 6.37. The first-order valence-corrected chi connectivity index (χ1v) is 9.25. The van der Waals surface area contributed by atoms with Gasteiger partial charge in [0.15, 0.2) is 0 Å². The zero-order chi connectivity index (χ0) is 19.5. The van der Waals surface area contributed by atoms with Gasteiger partial charge < -0.3 is 5.32 Å². The molecule has 3 heterocycles. The molecule has 1 aromatic carbocycles. The summed E-state index contributed by atoms with van der Waals surface area (Å²) in [5, 5.41) is 11.4. The van der Waals surface area contributed by atoms with Gasteiger partial charge in [0.25, 0.3) is 11.7 Å². The van der Waals surface area contributed by atoms with Crippen molar-refractivity contribution in [2.75, 3.05) is 5.32 Å². The van der Waals surface area contributed by atoms with E-state index in [0.29, 0.717) is 17.0 Å². The number of benzene rings is 1. The fraction of sp³-hybridized carbons (Fsp3) is 0.190. The fourth-order valence-electron chi connectivity index (χ4n) is 3.15. The Balaban J connectivity index is 1.59. The zero-order valence-corrected chi connectivity index (χ0v) is 15.8. The number of hydrogen-bond acceptors (Lipinski definition) is 5. The Kier molecular flexibility index (Phi) is 4.80. The van der Waals surface area contributed by atoms with Crippen molar-refractivity contribution in [3.8, 4) is 11.3 Å². The predicted octanol–water partition coefficient (Wildman–Crippen LogP) is 3.56. The number of nitrogens with one attached hydrogen (secondary N) is 1. The number of nitrogens with zero attached hydrogens (tertiary/aromatic N) is 5. The highest BCUT2D eigenvalue weighted by atomic mass is 16.1. The van der Waals surface area contributed by atoms with Crippen molar-refractivity contribution in [2.45, 2.75) is 26.7 Å². The number of hydrogen-bond donors (Lipinski definition) is 1. The van der Waals surface area contributed by atoms with E-state index in [0.717, 1.165) is 35.5 Å². The smallest absolute Gasteiger partial charge is 0.257 e. The van der Waals surface area contributed by atoms with Crippen LogP contribution in [0.25, 0.3) is 17.0 Å². The van der Waals surface area contributed by atoms with E-state index in [1.54, 1.807) is 18.3 Å². The molecule has 0 aliphatic carbocycles. The maximum Gasteiger partial charge on any atom is 0.257 e. The molecule has 28 heavy (non-hydrogen) atoms. The minimum atomic E-state index is -0.191. The van der Waals surface area contributed by atoms with Crippen LogP contribution in [0.3, 0.4) is 0 Å². The minimum Gasteiger partial charge on any atom is -0.322 e. The summed E-state index contributed by atoms with van der Waals surface area (Å²) in [7, 11) is 0. The number of pyridine rings is 1. The van der Waals surface area contributed by atoms with Crippen molar-refractivity contribution in [2.24, 2.45) is 0 Å². The molecular weight excluding hydrogens is 352 g/mol. The highest BCUT2D eigenvalue weighted by Gasteiger charge is 2.12. The van der Waals surface area contributed by atoms with E-state index in [1.807, 2.05) is 34.9 Å². The second-order valence-corrected chi connectivity index (χ2v) is 6.37. The average molecular weight is 372 g/mol. The molecule has 0 radical (unpaired) electrons. The first-order valence-electron chi connectivity index (χ1n) is 9.25. The first kappa shape index (κ1) is 17.8. The molecule has 1 N–H and O–H groups in total. The van der Waals surface area contributed by atoms with Crippen LogP contribution < -0.4 is 5.32 Å². The van der Waals surface area contributed by atoms with Gasteiger partial charge in [-0.2, -0.15) is 5.10 Å². The number of anilines is 1. The van der Waals surface area contributed by atoms with Crippen molar-refractivity contribution in [3.63, 3.8) is 0 Å². The van der Waals surface area contributed by atoms with Crippen LogP contribution in [0.4, 0.5) is 5.69 Å². The van der Waals surface area contributed by atoms with E-state index in [4.69, 9.17) is 0 Å². The van der Waals surface area contributed by atoms with Gasteiger partial charge in [-0.05, 0) is 37.1 Å². The Hall–Kier alpha value is -3.61. The Labute approximate surface area is 162 Å². The van der Waals surface area contributed by atoms with Gasteiger partial charge in [0.05, 0.1) is 17.0 Å². The molecule has 0 spiro atoms. The first-order chi connectivity index (χ1) is 13.7. The number of carbonyl (C=O) groups is 1. The average Bonchev–Trinajstić information content (AvgIpc) is 3.18. The van der Waals surface area contributed by atoms with Crippen LogP contribution in [0.15, 0.2) is 55.0 Å². The van der Waals surface area contributed by atoms with Gasteiger partial charge in [0, 0.05) is 35.5 Å². The van der Waals surface area contributed by atoms with Gasteiger partial charge in [-0.25, -0.2) is 4.98 Å². The molecule has 0 saturated carbocycles. The lowest BCUT2D eigenvalue weighted by Gasteiger charge is -2.06. The van der Waals surface area contributed by atoms with Gasteiger partial charge in [-0.3, -0.25) is 14.2 Å². The molecule has 0 unspecified atom stereocenters. The third-order valence-corrected chi connectivity index (χ3v) is 4.60. The molecule has 140 valence electrons. The van der Waals surface area contributed by atoms with Crippen molar-refractivity contribution in [3.05, 3.63) is 71.9 Å². The topological polar surface area (TPSA) is 85.1 Å². The normalized spacial score (nSPS) is 10.9.